The van der Waals surface area contributed by atoms with Crippen molar-refractivity contribution in [3.63, 3.8) is 0 Å². The normalized spacial score (nSPS) is 12.0. The minimum Gasteiger partial charge on any atom is -0.319 e. The molecule has 1 aromatic heterocycles. The first-order valence-corrected chi connectivity index (χ1v) is 9.42. The van der Waals surface area contributed by atoms with E-state index >= 15 is 0 Å². The molecule has 3 nitrogen and oxygen atoms in total. The highest BCUT2D eigenvalue weighted by Gasteiger charge is 2.06. The van der Waals surface area contributed by atoms with Crippen LogP contribution in [-0.2, 0) is 11.8 Å². The van der Waals surface area contributed by atoms with Crippen LogP contribution in [0.1, 0.15) is 6.42 Å². The Balaban J connectivity index is 1.68. The van der Waals surface area contributed by atoms with Crippen LogP contribution in [0.25, 0.3) is 10.2 Å². The van der Waals surface area contributed by atoms with E-state index in [0.717, 1.165) is 15.1 Å². The Bertz CT molecular complexity index is 947. The predicted octanol–water partition coefficient (Wildman–Crippen LogP) is 4.64. The molecule has 1 heterocycles. The van der Waals surface area contributed by atoms with Crippen LogP contribution in [0.3, 0.4) is 0 Å². The number of aryl methyl sites for hydroxylation is 1. The van der Waals surface area contributed by atoms with Crippen LogP contribution in [-0.4, -0.2) is 16.2 Å². The molecule has 0 fully saturated rings. The summed E-state index contributed by atoms with van der Waals surface area (Å²) < 4.78 is 15.7. The van der Waals surface area contributed by atoms with E-state index in [4.69, 9.17) is 11.6 Å². The molecule has 0 aliphatic heterocycles. The first kappa shape index (κ1) is 17.2. The van der Waals surface area contributed by atoms with Gasteiger partial charge in [0.2, 0.25) is 5.91 Å². The molecule has 0 saturated heterocycles. The number of fused-ring (bicyclic) bond motifs is 1. The summed E-state index contributed by atoms with van der Waals surface area (Å²) in [6.45, 7) is 0. The third kappa shape index (κ3) is 4.06. The largest absolute Gasteiger partial charge is 0.319 e. The Hall–Kier alpha value is -1.63. The zero-order valence-electron chi connectivity index (χ0n) is 12.8. The van der Waals surface area contributed by atoms with Gasteiger partial charge in [-0.3, -0.25) is 4.79 Å². The zero-order chi connectivity index (χ0) is 17.1. The third-order valence-corrected chi connectivity index (χ3v) is 5.73. The summed E-state index contributed by atoms with van der Waals surface area (Å²) in [5, 5.41) is 0.665. The Morgan fingerprint density at radius 2 is 2.04 bits per heavy atom. The number of benzene rings is 2. The topological polar surface area (TPSA) is 34.4 Å². The Kier molecular flexibility index (Phi) is 5.38. The van der Waals surface area contributed by atoms with Gasteiger partial charge in [0.05, 0.1) is 10.2 Å². The van der Waals surface area contributed by atoms with Gasteiger partial charge in [0.1, 0.15) is 5.82 Å². The average molecular weight is 381 g/mol. The van der Waals surface area contributed by atoms with Gasteiger partial charge in [0.15, 0.2) is 4.80 Å². The van der Waals surface area contributed by atoms with Gasteiger partial charge in [0, 0.05) is 29.1 Å². The van der Waals surface area contributed by atoms with Crippen molar-refractivity contribution in [2.75, 3.05) is 5.75 Å². The van der Waals surface area contributed by atoms with Crippen LogP contribution in [0.5, 0.6) is 0 Å². The molecule has 0 unspecified atom stereocenters. The van der Waals surface area contributed by atoms with Gasteiger partial charge >= 0.3 is 0 Å². The molecule has 2 aromatic carbocycles. The molecule has 124 valence electrons. The summed E-state index contributed by atoms with van der Waals surface area (Å²) in [5.41, 5.74) is 0.997. The van der Waals surface area contributed by atoms with Crippen LogP contribution >= 0.6 is 34.7 Å². The molecule has 0 N–H and O–H groups in total. The Morgan fingerprint density at radius 1 is 1.29 bits per heavy atom. The van der Waals surface area contributed by atoms with Crippen molar-refractivity contribution in [1.82, 2.24) is 4.57 Å². The van der Waals surface area contributed by atoms with Gasteiger partial charge in [-0.05, 0) is 42.5 Å². The number of hydrogen-bond acceptors (Lipinski definition) is 3. The number of hydrogen-bond donors (Lipinski definition) is 0. The highest BCUT2D eigenvalue weighted by molar-refractivity contribution is 7.99. The first-order valence-electron chi connectivity index (χ1n) is 7.24. The summed E-state index contributed by atoms with van der Waals surface area (Å²) in [4.78, 5) is 17.9. The SMILES string of the molecule is Cn1c(=NC(=O)CCSc2ccc(F)cc2)sc2cc(Cl)ccc21. The second kappa shape index (κ2) is 7.51. The quantitative estimate of drug-likeness (QED) is 0.618. The number of carbonyl (C=O) groups excluding carboxylic acids is 1. The number of carbonyl (C=O) groups is 1. The van der Waals surface area contributed by atoms with E-state index in [-0.39, 0.29) is 11.7 Å². The molecule has 24 heavy (non-hydrogen) atoms. The minimum atomic E-state index is -0.261. The molecule has 0 bridgehead atoms. The summed E-state index contributed by atoms with van der Waals surface area (Å²) in [5.74, 6) is 0.176. The fraction of sp³-hybridized carbons (Fsp3) is 0.176. The van der Waals surface area contributed by atoms with Gasteiger partial charge in [-0.2, -0.15) is 4.99 Å². The second-order valence-corrected chi connectivity index (χ2v) is 7.73. The number of thioether (sulfide) groups is 1. The second-order valence-electron chi connectivity index (χ2n) is 5.11. The van der Waals surface area contributed by atoms with E-state index in [1.807, 2.05) is 29.8 Å². The molecular formula is C17H14ClFN2OS2. The molecule has 0 aliphatic carbocycles. The minimum absolute atomic E-state index is 0.169. The number of aromatic nitrogens is 1. The maximum absolute atomic E-state index is 12.8. The van der Waals surface area contributed by atoms with Crippen LogP contribution in [0.4, 0.5) is 4.39 Å². The summed E-state index contributed by atoms with van der Waals surface area (Å²) in [7, 11) is 1.88. The summed E-state index contributed by atoms with van der Waals surface area (Å²) in [6.07, 6.45) is 0.330. The molecule has 0 saturated carbocycles. The number of thiazole rings is 1. The lowest BCUT2D eigenvalue weighted by Gasteiger charge is -1.99. The zero-order valence-corrected chi connectivity index (χ0v) is 15.2. The third-order valence-electron chi connectivity index (χ3n) is 3.39. The highest BCUT2D eigenvalue weighted by atomic mass is 35.5. The standard InChI is InChI=1S/C17H14ClFN2OS2/c1-21-14-7-2-11(18)10-15(14)24-17(21)20-16(22)8-9-23-13-5-3-12(19)4-6-13/h2-7,10H,8-9H2,1H3. The van der Waals surface area contributed by atoms with Crippen molar-refractivity contribution in [3.05, 3.63) is 58.1 Å². The first-order chi connectivity index (χ1) is 11.5. The molecule has 0 radical (unpaired) electrons. The van der Waals surface area contributed by atoms with Crippen LogP contribution in [0.2, 0.25) is 5.02 Å². The van der Waals surface area contributed by atoms with Gasteiger partial charge in [0.25, 0.3) is 0 Å². The molecule has 0 aliphatic rings. The monoisotopic (exact) mass is 380 g/mol. The highest BCUT2D eigenvalue weighted by Crippen LogP contribution is 2.21. The van der Waals surface area contributed by atoms with Crippen LogP contribution < -0.4 is 4.80 Å². The van der Waals surface area contributed by atoms with Crippen molar-refractivity contribution in [1.29, 1.82) is 0 Å². The molecular weight excluding hydrogens is 367 g/mol. The van der Waals surface area contributed by atoms with Crippen molar-refractivity contribution in [2.24, 2.45) is 12.0 Å². The van der Waals surface area contributed by atoms with Gasteiger partial charge in [-0.25, -0.2) is 4.39 Å². The predicted molar refractivity (Wildman–Crippen MR) is 98.1 cm³/mol. The molecule has 1 amide bonds. The van der Waals surface area contributed by atoms with Gasteiger partial charge in [-0.15, -0.1) is 11.8 Å². The van der Waals surface area contributed by atoms with Crippen LogP contribution in [0.15, 0.2) is 52.4 Å². The number of amides is 1. The van der Waals surface area contributed by atoms with Crippen molar-refractivity contribution < 1.29 is 9.18 Å². The van der Waals surface area contributed by atoms with Gasteiger partial charge in [-0.1, -0.05) is 22.9 Å². The van der Waals surface area contributed by atoms with E-state index < -0.39 is 0 Å². The average Bonchev–Trinajstić information content (AvgIpc) is 2.84. The van der Waals surface area contributed by atoms with Crippen molar-refractivity contribution in [3.8, 4) is 0 Å². The van der Waals surface area contributed by atoms with Crippen LogP contribution in [0, 0.1) is 5.82 Å². The lowest BCUT2D eigenvalue weighted by molar-refractivity contribution is -0.117. The molecule has 0 spiro atoms. The number of nitrogens with zero attached hydrogens (tertiary/aromatic N) is 2. The van der Waals surface area contributed by atoms with Crippen molar-refractivity contribution >= 4 is 50.8 Å². The maximum atomic E-state index is 12.8. The maximum Gasteiger partial charge on any atom is 0.249 e. The molecule has 0 atom stereocenters. The van der Waals surface area contributed by atoms with E-state index in [0.29, 0.717) is 22.0 Å². The Morgan fingerprint density at radius 3 is 2.79 bits per heavy atom. The molecule has 3 rings (SSSR count). The van der Waals surface area contributed by atoms with Gasteiger partial charge < -0.3 is 4.57 Å². The number of rotatable bonds is 4. The van der Waals surface area contributed by atoms with Crippen molar-refractivity contribution in [2.45, 2.75) is 11.3 Å². The lowest BCUT2D eigenvalue weighted by atomic mass is 10.3. The number of halogens is 2. The lowest BCUT2D eigenvalue weighted by Crippen LogP contribution is -2.13. The van der Waals surface area contributed by atoms with E-state index in [9.17, 15) is 9.18 Å². The summed E-state index contributed by atoms with van der Waals surface area (Å²) in [6, 6.07) is 11.8. The fourth-order valence-electron chi connectivity index (χ4n) is 2.16. The van der Waals surface area contributed by atoms with E-state index in [1.54, 1.807) is 12.1 Å². The summed E-state index contributed by atoms with van der Waals surface area (Å²) >= 11 is 8.95. The fourth-order valence-corrected chi connectivity index (χ4v) is 4.32. The molecule has 3 aromatic rings. The van der Waals surface area contributed by atoms with E-state index in [1.165, 1.54) is 35.2 Å². The Labute approximate surface area is 151 Å². The van der Waals surface area contributed by atoms with E-state index in [2.05, 4.69) is 4.99 Å². The molecule has 7 heteroatoms. The smallest absolute Gasteiger partial charge is 0.249 e.